The van der Waals surface area contributed by atoms with Crippen molar-refractivity contribution >= 4 is 29.6 Å². The van der Waals surface area contributed by atoms with Crippen LogP contribution in [0.3, 0.4) is 0 Å². The quantitative estimate of drug-likeness (QED) is 0.256. The van der Waals surface area contributed by atoms with Crippen molar-refractivity contribution in [2.24, 2.45) is 4.99 Å². The third-order valence-corrected chi connectivity index (χ3v) is 3.69. The summed E-state index contributed by atoms with van der Waals surface area (Å²) >= 11 is 0. The number of nitro groups is 1. The van der Waals surface area contributed by atoms with Crippen LogP contribution in [0.25, 0.3) is 6.08 Å². The zero-order valence-electron chi connectivity index (χ0n) is 14.9. The topological polar surface area (TPSA) is 117 Å². The van der Waals surface area contributed by atoms with E-state index in [-0.39, 0.29) is 17.3 Å². The van der Waals surface area contributed by atoms with E-state index in [9.17, 15) is 19.7 Å². The fourth-order valence-electron chi connectivity index (χ4n) is 2.51. The fraction of sp³-hybridized carbons (Fsp3) is 0.105. The molecule has 2 aromatic rings. The summed E-state index contributed by atoms with van der Waals surface area (Å²) in [5, 5.41) is 11.2. The first-order valence-electron chi connectivity index (χ1n) is 8.02. The number of nitrogens with zero attached hydrogens (tertiary/aromatic N) is 2. The molecule has 0 radical (unpaired) electrons. The summed E-state index contributed by atoms with van der Waals surface area (Å²) < 4.78 is 15.2. The molecule has 28 heavy (non-hydrogen) atoms. The third kappa shape index (κ3) is 3.88. The summed E-state index contributed by atoms with van der Waals surface area (Å²) in [5.74, 6) is -1.02. The highest BCUT2D eigenvalue weighted by Crippen LogP contribution is 2.30. The minimum atomic E-state index is -0.701. The second kappa shape index (κ2) is 7.70. The molecule has 1 heterocycles. The monoisotopic (exact) mass is 382 g/mol. The van der Waals surface area contributed by atoms with E-state index in [0.717, 1.165) is 6.92 Å². The Hall–Kier alpha value is -4.01. The maximum absolute atomic E-state index is 12.1. The molecule has 0 amide bonds. The number of rotatable bonds is 5. The van der Waals surface area contributed by atoms with Crippen molar-refractivity contribution in [3.05, 3.63) is 69.4 Å². The van der Waals surface area contributed by atoms with Crippen molar-refractivity contribution in [3.8, 4) is 11.5 Å². The molecule has 9 nitrogen and oxygen atoms in total. The molecule has 9 heteroatoms. The van der Waals surface area contributed by atoms with Gasteiger partial charge in [-0.2, -0.15) is 0 Å². The van der Waals surface area contributed by atoms with Gasteiger partial charge in [0.1, 0.15) is 5.75 Å². The third-order valence-electron chi connectivity index (χ3n) is 3.69. The highest BCUT2D eigenvalue weighted by molar-refractivity contribution is 6.13. The lowest BCUT2D eigenvalue weighted by Gasteiger charge is -2.05. The number of carbonyl (C=O) groups is 2. The number of nitro benzene ring substituents is 1. The lowest BCUT2D eigenvalue weighted by Crippen LogP contribution is -2.07. The van der Waals surface area contributed by atoms with Crippen LogP contribution in [0.4, 0.5) is 5.69 Å². The number of carbonyl (C=O) groups excluding carboxylic acids is 2. The average molecular weight is 382 g/mol. The van der Waals surface area contributed by atoms with Gasteiger partial charge in [-0.15, -0.1) is 0 Å². The van der Waals surface area contributed by atoms with Crippen molar-refractivity contribution in [3.63, 3.8) is 0 Å². The van der Waals surface area contributed by atoms with Gasteiger partial charge in [0.25, 0.3) is 0 Å². The molecule has 0 saturated carbocycles. The highest BCUT2D eigenvalue weighted by atomic mass is 16.6. The molecule has 0 aromatic heterocycles. The Bertz CT molecular complexity index is 1040. The zero-order chi connectivity index (χ0) is 20.3. The lowest BCUT2D eigenvalue weighted by atomic mass is 10.1. The van der Waals surface area contributed by atoms with Gasteiger partial charge in [0.2, 0.25) is 11.6 Å². The summed E-state index contributed by atoms with van der Waals surface area (Å²) in [6, 6.07) is 10.8. The molecular formula is C19H14N2O7. The number of methoxy groups -OCH3 is 1. The molecule has 1 aliphatic heterocycles. The van der Waals surface area contributed by atoms with Crippen LogP contribution in [0.2, 0.25) is 0 Å². The van der Waals surface area contributed by atoms with Gasteiger partial charge in [0, 0.05) is 13.0 Å². The molecule has 0 unspecified atom stereocenters. The second-order valence-electron chi connectivity index (χ2n) is 5.61. The Morgan fingerprint density at radius 2 is 1.96 bits per heavy atom. The molecule has 142 valence electrons. The van der Waals surface area contributed by atoms with Crippen molar-refractivity contribution in [2.75, 3.05) is 7.11 Å². The summed E-state index contributed by atoms with van der Waals surface area (Å²) in [7, 11) is 1.48. The van der Waals surface area contributed by atoms with Gasteiger partial charge in [-0.25, -0.2) is 9.79 Å². The molecule has 0 N–H and O–H groups in total. The Kier molecular flexibility index (Phi) is 5.16. The minimum Gasteiger partial charge on any atom is -0.496 e. The van der Waals surface area contributed by atoms with Crippen LogP contribution in [-0.2, 0) is 14.3 Å². The van der Waals surface area contributed by atoms with E-state index in [0.29, 0.717) is 16.9 Å². The SMILES string of the molecule is COc1ccccc1C1=N/C(=C\c2ccc(OC(C)=O)c([N+](=O)[O-])c2)C(=O)O1. The molecule has 0 spiro atoms. The van der Waals surface area contributed by atoms with Gasteiger partial charge < -0.3 is 14.2 Å². The van der Waals surface area contributed by atoms with Gasteiger partial charge in [-0.3, -0.25) is 14.9 Å². The molecule has 3 rings (SSSR count). The largest absolute Gasteiger partial charge is 0.496 e. The summed E-state index contributed by atoms with van der Waals surface area (Å²) in [6.07, 6.45) is 1.34. The van der Waals surface area contributed by atoms with Crippen molar-refractivity contribution in [1.29, 1.82) is 0 Å². The Labute approximate surface area is 159 Å². The Morgan fingerprint density at radius 3 is 2.64 bits per heavy atom. The summed E-state index contributed by atoms with van der Waals surface area (Å²) in [5.41, 5.74) is 0.373. The van der Waals surface area contributed by atoms with E-state index in [1.807, 2.05) is 0 Å². The van der Waals surface area contributed by atoms with Crippen LogP contribution < -0.4 is 9.47 Å². The number of benzene rings is 2. The number of esters is 2. The number of hydrogen-bond acceptors (Lipinski definition) is 8. The molecule has 1 aliphatic rings. The first-order chi connectivity index (χ1) is 13.4. The molecule has 0 atom stereocenters. The van der Waals surface area contributed by atoms with Gasteiger partial charge in [0.15, 0.2) is 5.70 Å². The van der Waals surface area contributed by atoms with Crippen LogP contribution >= 0.6 is 0 Å². The van der Waals surface area contributed by atoms with Gasteiger partial charge in [0.05, 0.1) is 17.6 Å². The van der Waals surface area contributed by atoms with E-state index in [2.05, 4.69) is 4.99 Å². The van der Waals surface area contributed by atoms with Crippen LogP contribution in [0.5, 0.6) is 11.5 Å². The second-order valence-corrected chi connectivity index (χ2v) is 5.61. The normalized spacial score (nSPS) is 14.4. The maximum atomic E-state index is 12.1. The van der Waals surface area contributed by atoms with Crippen LogP contribution in [0.1, 0.15) is 18.1 Å². The summed E-state index contributed by atoms with van der Waals surface area (Å²) in [4.78, 5) is 37.9. The first kappa shape index (κ1) is 18.8. The molecule has 0 fully saturated rings. The number of aliphatic imine (C=N–C) groups is 1. The predicted molar refractivity (Wildman–Crippen MR) is 98.0 cm³/mol. The molecular weight excluding hydrogens is 368 g/mol. The molecule has 0 bridgehead atoms. The number of hydrogen-bond donors (Lipinski definition) is 0. The van der Waals surface area contributed by atoms with E-state index >= 15 is 0 Å². The van der Waals surface area contributed by atoms with E-state index in [1.165, 1.54) is 31.4 Å². The fourth-order valence-corrected chi connectivity index (χ4v) is 2.51. The summed E-state index contributed by atoms with van der Waals surface area (Å²) in [6.45, 7) is 1.14. The predicted octanol–water partition coefficient (Wildman–Crippen LogP) is 2.87. The molecule has 0 saturated heterocycles. The number of cyclic esters (lactones) is 1. The standard InChI is InChI=1S/C19H14N2O7/c1-11(22)27-17-8-7-12(10-15(17)21(24)25)9-14-19(23)28-18(20-14)13-5-3-4-6-16(13)26-2/h3-10H,1-2H3/b14-9-. The number of para-hydroxylation sites is 1. The van der Waals surface area contributed by atoms with Crippen LogP contribution in [-0.4, -0.2) is 29.9 Å². The van der Waals surface area contributed by atoms with E-state index < -0.39 is 22.5 Å². The van der Waals surface area contributed by atoms with Crippen LogP contribution in [0, 0.1) is 10.1 Å². The van der Waals surface area contributed by atoms with Gasteiger partial charge in [-0.1, -0.05) is 18.2 Å². The van der Waals surface area contributed by atoms with Gasteiger partial charge >= 0.3 is 17.6 Å². The van der Waals surface area contributed by atoms with Crippen molar-refractivity contribution in [2.45, 2.75) is 6.92 Å². The van der Waals surface area contributed by atoms with Gasteiger partial charge in [-0.05, 0) is 29.8 Å². The maximum Gasteiger partial charge on any atom is 0.363 e. The smallest absolute Gasteiger partial charge is 0.363 e. The lowest BCUT2D eigenvalue weighted by molar-refractivity contribution is -0.385. The molecule has 2 aromatic carbocycles. The highest BCUT2D eigenvalue weighted by Gasteiger charge is 2.26. The first-order valence-corrected chi connectivity index (χ1v) is 8.02. The van der Waals surface area contributed by atoms with Crippen molar-refractivity contribution in [1.82, 2.24) is 0 Å². The number of ether oxygens (including phenoxy) is 3. The van der Waals surface area contributed by atoms with Crippen molar-refractivity contribution < 1.29 is 28.7 Å². The average Bonchev–Trinajstić information content (AvgIpc) is 3.02. The zero-order valence-corrected chi connectivity index (χ0v) is 14.9. The Morgan fingerprint density at radius 1 is 1.21 bits per heavy atom. The minimum absolute atomic E-state index is 0.0320. The van der Waals surface area contributed by atoms with Crippen LogP contribution in [0.15, 0.2) is 53.2 Å². The van der Waals surface area contributed by atoms with E-state index in [4.69, 9.17) is 14.2 Å². The molecule has 0 aliphatic carbocycles. The van der Waals surface area contributed by atoms with E-state index in [1.54, 1.807) is 24.3 Å². The Balaban J connectivity index is 1.98.